The third-order valence-corrected chi connectivity index (χ3v) is 1.72. The molecule has 0 aliphatic rings. The average molecular weight is 196 g/mol. The number of unbranched alkanes of at least 4 members (excludes halogenated alkanes) is 2. The Morgan fingerprint density at radius 3 is 2.36 bits per heavy atom. The molecule has 82 valence electrons. The third-order valence-electron chi connectivity index (χ3n) is 1.72. The van der Waals surface area contributed by atoms with Crippen LogP contribution in [0.3, 0.4) is 0 Å². The van der Waals surface area contributed by atoms with Crippen molar-refractivity contribution in [1.29, 1.82) is 0 Å². The Kier molecular flexibility index (Phi) is 6.35. The van der Waals surface area contributed by atoms with Gasteiger partial charge in [-0.05, 0) is 46.3 Å². The quantitative estimate of drug-likeness (QED) is 0.358. The summed E-state index contributed by atoms with van der Waals surface area (Å²) in [5.74, 6) is 0.966. The van der Waals surface area contributed by atoms with Crippen LogP contribution in [0, 0.1) is 0 Å². The minimum atomic E-state index is -0.100. The van der Waals surface area contributed by atoms with Crippen molar-refractivity contribution < 1.29 is 4.74 Å². The lowest BCUT2D eigenvalue weighted by Crippen LogP contribution is -2.17. The topological polar surface area (TPSA) is 9.23 Å². The van der Waals surface area contributed by atoms with Gasteiger partial charge in [-0.2, -0.15) is 0 Å². The molecule has 1 heteroatoms. The van der Waals surface area contributed by atoms with Gasteiger partial charge in [-0.25, -0.2) is 0 Å². The van der Waals surface area contributed by atoms with Crippen molar-refractivity contribution in [2.45, 2.75) is 59.5 Å². The summed E-state index contributed by atoms with van der Waals surface area (Å²) in [5, 5.41) is 0. The van der Waals surface area contributed by atoms with Crippen LogP contribution >= 0.6 is 0 Å². The Bertz CT molecular complexity index is 194. The molecule has 1 nitrogen and oxygen atoms in total. The molecule has 0 bridgehead atoms. The SMILES string of the molecule is CC=C(/C=C/CCCC)OC(C)(C)C. The predicted octanol–water partition coefficient (Wildman–Crippen LogP) is 4.45. The number of rotatable bonds is 5. The van der Waals surface area contributed by atoms with Crippen LogP contribution in [0.1, 0.15) is 53.9 Å². The first kappa shape index (κ1) is 13.3. The van der Waals surface area contributed by atoms with Crippen LogP contribution < -0.4 is 0 Å². The summed E-state index contributed by atoms with van der Waals surface area (Å²) in [6, 6.07) is 0. The van der Waals surface area contributed by atoms with Crippen molar-refractivity contribution in [2.24, 2.45) is 0 Å². The zero-order valence-electron chi connectivity index (χ0n) is 10.3. The molecule has 0 aliphatic carbocycles. The fourth-order valence-corrected chi connectivity index (χ4v) is 1.06. The van der Waals surface area contributed by atoms with Crippen molar-refractivity contribution in [1.82, 2.24) is 0 Å². The highest BCUT2D eigenvalue weighted by Gasteiger charge is 2.10. The van der Waals surface area contributed by atoms with E-state index in [1.165, 1.54) is 12.8 Å². The van der Waals surface area contributed by atoms with Crippen LogP contribution in [-0.4, -0.2) is 5.60 Å². The molecule has 0 aromatic rings. The van der Waals surface area contributed by atoms with Gasteiger partial charge in [0.15, 0.2) is 0 Å². The summed E-state index contributed by atoms with van der Waals surface area (Å²) in [4.78, 5) is 0. The lowest BCUT2D eigenvalue weighted by atomic mass is 10.2. The highest BCUT2D eigenvalue weighted by molar-refractivity contribution is 5.11. The van der Waals surface area contributed by atoms with Gasteiger partial charge < -0.3 is 4.74 Å². The first-order valence-electron chi connectivity index (χ1n) is 5.51. The van der Waals surface area contributed by atoms with Crippen molar-refractivity contribution in [3.05, 3.63) is 24.0 Å². The van der Waals surface area contributed by atoms with Gasteiger partial charge >= 0.3 is 0 Å². The summed E-state index contributed by atoms with van der Waals surface area (Å²) in [6.07, 6.45) is 9.90. The standard InChI is InChI=1S/C13H24O/c1-6-8-9-10-11-12(7-2)14-13(3,4)5/h7,10-11H,6,8-9H2,1-5H3/b11-10+,12-7?. The molecule has 0 unspecified atom stereocenters. The van der Waals surface area contributed by atoms with Gasteiger partial charge in [-0.3, -0.25) is 0 Å². The van der Waals surface area contributed by atoms with E-state index in [9.17, 15) is 0 Å². The molecule has 0 fully saturated rings. The van der Waals surface area contributed by atoms with Crippen LogP contribution in [0.15, 0.2) is 24.0 Å². The van der Waals surface area contributed by atoms with Crippen LogP contribution in [0.2, 0.25) is 0 Å². The summed E-state index contributed by atoms with van der Waals surface area (Å²) in [5.41, 5.74) is -0.100. The number of allylic oxidation sites excluding steroid dienone is 3. The minimum Gasteiger partial charge on any atom is -0.489 e. The molecule has 0 aromatic heterocycles. The van der Waals surface area contributed by atoms with E-state index in [1.807, 2.05) is 13.0 Å². The van der Waals surface area contributed by atoms with Crippen LogP contribution in [0.5, 0.6) is 0 Å². The number of ether oxygens (including phenoxy) is 1. The van der Waals surface area contributed by atoms with Gasteiger partial charge in [0.25, 0.3) is 0 Å². The van der Waals surface area contributed by atoms with E-state index in [-0.39, 0.29) is 5.60 Å². The number of hydrogen-bond donors (Lipinski definition) is 0. The molecule has 0 radical (unpaired) electrons. The summed E-state index contributed by atoms with van der Waals surface area (Å²) >= 11 is 0. The zero-order chi connectivity index (χ0) is 11.0. The lowest BCUT2D eigenvalue weighted by molar-refractivity contribution is 0.0596. The highest BCUT2D eigenvalue weighted by Crippen LogP contribution is 2.14. The molecule has 0 aromatic carbocycles. The van der Waals surface area contributed by atoms with E-state index < -0.39 is 0 Å². The Morgan fingerprint density at radius 1 is 1.29 bits per heavy atom. The second kappa shape index (κ2) is 6.69. The molecule has 14 heavy (non-hydrogen) atoms. The maximum Gasteiger partial charge on any atom is 0.115 e. The molecular formula is C13H24O. The first-order valence-corrected chi connectivity index (χ1v) is 5.51. The smallest absolute Gasteiger partial charge is 0.115 e. The molecule has 0 amide bonds. The number of hydrogen-bond acceptors (Lipinski definition) is 1. The summed E-state index contributed by atoms with van der Waals surface area (Å²) in [6.45, 7) is 10.4. The van der Waals surface area contributed by atoms with E-state index in [2.05, 4.69) is 39.8 Å². The normalized spacial score (nSPS) is 13.6. The Balaban J connectivity index is 3.99. The van der Waals surface area contributed by atoms with E-state index in [0.29, 0.717) is 0 Å². The first-order chi connectivity index (χ1) is 6.49. The average Bonchev–Trinajstić information content (AvgIpc) is 2.08. The third kappa shape index (κ3) is 7.90. The van der Waals surface area contributed by atoms with Gasteiger partial charge in [0.05, 0.1) is 0 Å². The predicted molar refractivity (Wildman–Crippen MR) is 63.3 cm³/mol. The second-order valence-corrected chi connectivity index (χ2v) is 4.45. The molecule has 0 saturated carbocycles. The van der Waals surface area contributed by atoms with E-state index >= 15 is 0 Å². The van der Waals surface area contributed by atoms with Crippen molar-refractivity contribution in [2.75, 3.05) is 0 Å². The highest BCUT2D eigenvalue weighted by atomic mass is 16.5. The molecule has 0 spiro atoms. The van der Waals surface area contributed by atoms with Crippen molar-refractivity contribution in [3.63, 3.8) is 0 Å². The zero-order valence-corrected chi connectivity index (χ0v) is 10.3. The Labute approximate surface area is 88.9 Å². The van der Waals surface area contributed by atoms with Crippen LogP contribution in [0.4, 0.5) is 0 Å². The molecule has 0 heterocycles. The molecule has 0 N–H and O–H groups in total. The van der Waals surface area contributed by atoms with Gasteiger partial charge in [0.2, 0.25) is 0 Å². The van der Waals surface area contributed by atoms with Gasteiger partial charge in [-0.15, -0.1) is 0 Å². The van der Waals surface area contributed by atoms with E-state index in [0.717, 1.165) is 12.2 Å². The fourth-order valence-electron chi connectivity index (χ4n) is 1.06. The molecule has 0 atom stereocenters. The molecule has 0 rings (SSSR count). The maximum atomic E-state index is 5.74. The fraction of sp³-hybridized carbons (Fsp3) is 0.692. The van der Waals surface area contributed by atoms with E-state index in [1.54, 1.807) is 0 Å². The maximum absolute atomic E-state index is 5.74. The summed E-state index contributed by atoms with van der Waals surface area (Å²) < 4.78 is 5.74. The van der Waals surface area contributed by atoms with E-state index in [4.69, 9.17) is 4.74 Å². The second-order valence-electron chi connectivity index (χ2n) is 4.45. The molecular weight excluding hydrogens is 172 g/mol. The lowest BCUT2D eigenvalue weighted by Gasteiger charge is -2.21. The van der Waals surface area contributed by atoms with Crippen LogP contribution in [-0.2, 0) is 4.74 Å². The Morgan fingerprint density at radius 2 is 1.93 bits per heavy atom. The monoisotopic (exact) mass is 196 g/mol. The minimum absolute atomic E-state index is 0.100. The van der Waals surface area contributed by atoms with Crippen molar-refractivity contribution >= 4 is 0 Å². The largest absolute Gasteiger partial charge is 0.489 e. The van der Waals surface area contributed by atoms with Gasteiger partial charge in [-0.1, -0.05) is 25.8 Å². The van der Waals surface area contributed by atoms with Crippen molar-refractivity contribution in [3.8, 4) is 0 Å². The van der Waals surface area contributed by atoms with Gasteiger partial charge in [0.1, 0.15) is 11.4 Å². The van der Waals surface area contributed by atoms with Gasteiger partial charge in [0, 0.05) is 0 Å². The Hall–Kier alpha value is -0.720. The molecule has 0 aliphatic heterocycles. The molecule has 0 saturated heterocycles. The van der Waals surface area contributed by atoms with Crippen LogP contribution in [0.25, 0.3) is 0 Å². The summed E-state index contributed by atoms with van der Waals surface area (Å²) in [7, 11) is 0.